The zero-order valence-electron chi connectivity index (χ0n) is 15.2. The molecule has 3 aromatic rings. The van der Waals surface area contributed by atoms with Crippen molar-refractivity contribution in [3.8, 4) is 0 Å². The lowest BCUT2D eigenvalue weighted by molar-refractivity contribution is 0.279. The van der Waals surface area contributed by atoms with Gasteiger partial charge in [-0.2, -0.15) is 0 Å². The fraction of sp³-hybridized carbons (Fsp3) is 0.286. The zero-order valence-corrected chi connectivity index (χ0v) is 16.8. The number of aliphatic hydroxyl groups excluding tert-OH is 1. The minimum absolute atomic E-state index is 0.0474. The maximum Gasteiger partial charge on any atom is 0.0840 e. The van der Waals surface area contributed by atoms with Crippen molar-refractivity contribution in [2.75, 3.05) is 0 Å². The molecule has 0 radical (unpaired) electrons. The molecule has 0 fully saturated rings. The molecule has 136 valence electrons. The van der Waals surface area contributed by atoms with E-state index in [1.165, 1.54) is 16.2 Å². The van der Waals surface area contributed by atoms with Gasteiger partial charge in [0.25, 0.3) is 0 Å². The van der Waals surface area contributed by atoms with E-state index in [0.29, 0.717) is 5.92 Å². The van der Waals surface area contributed by atoms with Gasteiger partial charge in [0.2, 0.25) is 0 Å². The van der Waals surface area contributed by atoms with Crippen molar-refractivity contribution < 1.29 is 5.11 Å². The number of halogens is 1. The monoisotopic (exact) mass is 386 g/mol. The lowest BCUT2D eigenvalue weighted by Gasteiger charge is -2.14. The standard InChI is InChI=1S/C21H23ClN2OS/c1-14(2)20-19(13-25)15(3)24(12-16-7-9-23-10-8-16)21(20)26-18-6-4-5-17(22)11-18/h4-11,14,25H,12-13H2,1-3H3. The van der Waals surface area contributed by atoms with Gasteiger partial charge in [-0.05, 0) is 54.3 Å². The molecule has 0 amide bonds. The van der Waals surface area contributed by atoms with E-state index in [1.807, 2.05) is 42.7 Å². The third kappa shape index (κ3) is 3.98. The summed E-state index contributed by atoms with van der Waals surface area (Å²) < 4.78 is 2.29. The Bertz CT molecular complexity index is 891. The van der Waals surface area contributed by atoms with Gasteiger partial charge >= 0.3 is 0 Å². The summed E-state index contributed by atoms with van der Waals surface area (Å²) in [5, 5.41) is 11.9. The Balaban J connectivity index is 2.12. The SMILES string of the molecule is Cc1c(CO)c(C(C)C)c(Sc2cccc(Cl)c2)n1Cc1ccncc1. The van der Waals surface area contributed by atoms with Crippen LogP contribution >= 0.6 is 23.4 Å². The van der Waals surface area contributed by atoms with E-state index < -0.39 is 0 Å². The fourth-order valence-corrected chi connectivity index (χ4v) is 4.78. The second-order valence-corrected chi connectivity index (χ2v) is 8.10. The fourth-order valence-electron chi connectivity index (χ4n) is 3.19. The molecule has 0 aliphatic carbocycles. The molecule has 3 rings (SSSR count). The second kappa shape index (κ2) is 8.30. The first kappa shape index (κ1) is 19.0. The Kier molecular flexibility index (Phi) is 6.07. The molecule has 0 aliphatic heterocycles. The van der Waals surface area contributed by atoms with Crippen molar-refractivity contribution in [3.05, 3.63) is 76.2 Å². The Hall–Kier alpha value is -1.75. The number of rotatable bonds is 6. The average molecular weight is 387 g/mol. The Morgan fingerprint density at radius 3 is 2.54 bits per heavy atom. The van der Waals surface area contributed by atoms with Gasteiger partial charge in [0.05, 0.1) is 11.6 Å². The van der Waals surface area contributed by atoms with Gasteiger partial charge in [-0.3, -0.25) is 4.98 Å². The third-order valence-corrected chi connectivity index (χ3v) is 5.84. The first-order valence-corrected chi connectivity index (χ1v) is 9.85. The highest BCUT2D eigenvalue weighted by Gasteiger charge is 2.23. The van der Waals surface area contributed by atoms with Crippen LogP contribution in [-0.4, -0.2) is 14.7 Å². The van der Waals surface area contributed by atoms with Crippen molar-refractivity contribution in [2.24, 2.45) is 0 Å². The number of aliphatic hydroxyl groups is 1. The highest BCUT2D eigenvalue weighted by molar-refractivity contribution is 7.99. The minimum Gasteiger partial charge on any atom is -0.392 e. The molecule has 0 saturated heterocycles. The predicted octanol–water partition coefficient (Wildman–Crippen LogP) is 5.66. The summed E-state index contributed by atoms with van der Waals surface area (Å²) in [5.74, 6) is 0.316. The molecule has 2 aromatic heterocycles. The predicted molar refractivity (Wildman–Crippen MR) is 108 cm³/mol. The highest BCUT2D eigenvalue weighted by Crippen LogP contribution is 2.40. The Labute approximate surface area is 164 Å². The molecule has 0 aliphatic rings. The molecular weight excluding hydrogens is 364 g/mol. The normalized spacial score (nSPS) is 11.3. The highest BCUT2D eigenvalue weighted by atomic mass is 35.5. The lowest BCUT2D eigenvalue weighted by Crippen LogP contribution is -2.04. The van der Waals surface area contributed by atoms with Crippen molar-refractivity contribution in [1.82, 2.24) is 9.55 Å². The van der Waals surface area contributed by atoms with Gasteiger partial charge in [-0.25, -0.2) is 0 Å². The number of aromatic nitrogens is 2. The van der Waals surface area contributed by atoms with Gasteiger partial charge in [0.15, 0.2) is 0 Å². The Morgan fingerprint density at radius 1 is 1.19 bits per heavy atom. The van der Waals surface area contributed by atoms with Gasteiger partial charge < -0.3 is 9.67 Å². The summed E-state index contributed by atoms with van der Waals surface area (Å²) in [6.07, 6.45) is 3.63. The van der Waals surface area contributed by atoms with Crippen molar-refractivity contribution in [2.45, 2.75) is 49.8 Å². The molecular formula is C21H23ClN2OS. The van der Waals surface area contributed by atoms with Gasteiger partial charge in [-0.1, -0.05) is 43.3 Å². The molecule has 0 spiro atoms. The number of hydrogen-bond acceptors (Lipinski definition) is 3. The molecule has 0 saturated carbocycles. The first-order chi connectivity index (χ1) is 12.5. The van der Waals surface area contributed by atoms with Crippen LogP contribution in [0.25, 0.3) is 0 Å². The van der Waals surface area contributed by atoms with Crippen molar-refractivity contribution in [1.29, 1.82) is 0 Å². The van der Waals surface area contributed by atoms with Crippen LogP contribution in [0.15, 0.2) is 58.7 Å². The molecule has 26 heavy (non-hydrogen) atoms. The number of benzene rings is 1. The van der Waals surface area contributed by atoms with Crippen molar-refractivity contribution in [3.63, 3.8) is 0 Å². The summed E-state index contributed by atoms with van der Waals surface area (Å²) >= 11 is 7.88. The molecule has 5 heteroatoms. The third-order valence-electron chi connectivity index (χ3n) is 4.48. The summed E-state index contributed by atoms with van der Waals surface area (Å²) in [7, 11) is 0. The van der Waals surface area contributed by atoms with Crippen LogP contribution in [0.1, 0.15) is 42.1 Å². The summed E-state index contributed by atoms with van der Waals surface area (Å²) in [6.45, 7) is 7.23. The lowest BCUT2D eigenvalue weighted by atomic mass is 10.0. The first-order valence-electron chi connectivity index (χ1n) is 8.66. The quantitative estimate of drug-likeness (QED) is 0.593. The van der Waals surface area contributed by atoms with Crippen LogP contribution in [0.5, 0.6) is 0 Å². The Morgan fingerprint density at radius 2 is 1.92 bits per heavy atom. The zero-order chi connectivity index (χ0) is 18.7. The maximum atomic E-state index is 10.0. The van der Waals surface area contributed by atoms with Crippen LogP contribution in [0, 0.1) is 6.92 Å². The van der Waals surface area contributed by atoms with E-state index >= 15 is 0 Å². The van der Waals surface area contributed by atoms with E-state index in [9.17, 15) is 5.11 Å². The van der Waals surface area contributed by atoms with E-state index in [0.717, 1.165) is 27.7 Å². The van der Waals surface area contributed by atoms with Gasteiger partial charge in [0.1, 0.15) is 0 Å². The molecule has 0 bridgehead atoms. The molecule has 3 nitrogen and oxygen atoms in total. The largest absolute Gasteiger partial charge is 0.392 e. The van der Waals surface area contributed by atoms with E-state index in [4.69, 9.17) is 11.6 Å². The van der Waals surface area contributed by atoms with Crippen molar-refractivity contribution >= 4 is 23.4 Å². The number of pyridine rings is 1. The van der Waals surface area contributed by atoms with Gasteiger partial charge in [0, 0.05) is 40.1 Å². The van der Waals surface area contributed by atoms with Crippen LogP contribution in [0.3, 0.4) is 0 Å². The summed E-state index contributed by atoms with van der Waals surface area (Å²) in [4.78, 5) is 5.20. The number of hydrogen-bond donors (Lipinski definition) is 1. The van der Waals surface area contributed by atoms with E-state index in [1.54, 1.807) is 11.8 Å². The van der Waals surface area contributed by atoms with Gasteiger partial charge in [-0.15, -0.1) is 0 Å². The topological polar surface area (TPSA) is 38.0 Å². The second-order valence-electron chi connectivity index (χ2n) is 6.60. The van der Waals surface area contributed by atoms with Crippen LogP contribution < -0.4 is 0 Å². The smallest absolute Gasteiger partial charge is 0.0840 e. The van der Waals surface area contributed by atoms with E-state index in [2.05, 4.69) is 36.4 Å². The van der Waals surface area contributed by atoms with E-state index in [-0.39, 0.29) is 6.61 Å². The molecule has 1 aromatic carbocycles. The van der Waals surface area contributed by atoms with Crippen LogP contribution in [-0.2, 0) is 13.2 Å². The average Bonchev–Trinajstić information content (AvgIpc) is 2.88. The summed E-state index contributed by atoms with van der Waals surface area (Å²) in [6, 6.07) is 12.0. The van der Waals surface area contributed by atoms with Crippen LogP contribution in [0.4, 0.5) is 0 Å². The molecule has 0 unspecified atom stereocenters. The molecule has 0 atom stereocenters. The molecule has 1 N–H and O–H groups in total. The van der Waals surface area contributed by atoms with Crippen LogP contribution in [0.2, 0.25) is 5.02 Å². The molecule has 2 heterocycles. The minimum atomic E-state index is 0.0474. The summed E-state index contributed by atoms with van der Waals surface area (Å²) in [5.41, 5.74) is 4.53. The maximum absolute atomic E-state index is 10.0. The number of nitrogens with zero attached hydrogens (tertiary/aromatic N) is 2.